The first-order valence-corrected chi connectivity index (χ1v) is 4.86. The number of aliphatic hydroxyl groups excluding tert-OH is 1. The van der Waals surface area contributed by atoms with E-state index in [2.05, 4.69) is 6.58 Å². The zero-order chi connectivity index (χ0) is 10.4. The summed E-state index contributed by atoms with van der Waals surface area (Å²) in [6, 6.07) is 9.09. The van der Waals surface area contributed by atoms with Crippen molar-refractivity contribution in [3.05, 3.63) is 48.6 Å². The average Bonchev–Trinajstić information content (AvgIpc) is 2.26. The standard InChI is InChI=1S/C10H11O3P/c1-2-9(11)10(13-14-12)8-6-4-3-5-7-8/h2-7,9-11H,1H2. The summed E-state index contributed by atoms with van der Waals surface area (Å²) in [5.41, 5.74) is 0.767. The highest BCUT2D eigenvalue weighted by molar-refractivity contribution is 7.17. The molecule has 0 bridgehead atoms. The van der Waals surface area contributed by atoms with Crippen LogP contribution in [-0.2, 0) is 9.09 Å². The summed E-state index contributed by atoms with van der Waals surface area (Å²) in [5, 5.41) is 9.52. The molecule has 74 valence electrons. The van der Waals surface area contributed by atoms with Crippen molar-refractivity contribution < 1.29 is 14.2 Å². The molecule has 14 heavy (non-hydrogen) atoms. The van der Waals surface area contributed by atoms with Crippen LogP contribution in [0.1, 0.15) is 11.7 Å². The summed E-state index contributed by atoms with van der Waals surface area (Å²) in [6.45, 7) is 3.45. The van der Waals surface area contributed by atoms with E-state index in [1.54, 1.807) is 12.1 Å². The maximum Gasteiger partial charge on any atom is 0.328 e. The normalized spacial score (nSPS) is 14.9. The van der Waals surface area contributed by atoms with Crippen molar-refractivity contribution in [3.8, 4) is 0 Å². The number of hydrogen-bond donors (Lipinski definition) is 1. The average molecular weight is 210 g/mol. The summed E-state index contributed by atoms with van der Waals surface area (Å²) in [4.78, 5) is 0. The highest BCUT2D eigenvalue weighted by Gasteiger charge is 2.19. The van der Waals surface area contributed by atoms with Gasteiger partial charge in [-0.25, -0.2) is 4.57 Å². The monoisotopic (exact) mass is 210 g/mol. The van der Waals surface area contributed by atoms with Crippen LogP contribution in [0.2, 0.25) is 0 Å². The van der Waals surface area contributed by atoms with Crippen LogP contribution in [-0.4, -0.2) is 11.2 Å². The first-order valence-electron chi connectivity index (χ1n) is 4.13. The second kappa shape index (κ2) is 5.66. The topological polar surface area (TPSA) is 46.5 Å². The summed E-state index contributed by atoms with van der Waals surface area (Å²) in [7, 11) is -0.454. The molecule has 1 rings (SSSR count). The third-order valence-electron chi connectivity index (χ3n) is 1.84. The molecule has 0 spiro atoms. The third-order valence-corrected chi connectivity index (χ3v) is 2.15. The Balaban J connectivity index is 2.87. The summed E-state index contributed by atoms with van der Waals surface area (Å²) >= 11 is 0. The predicted octanol–water partition coefficient (Wildman–Crippen LogP) is 2.50. The molecule has 4 heteroatoms. The summed E-state index contributed by atoms with van der Waals surface area (Å²) < 4.78 is 15.2. The fourth-order valence-electron chi connectivity index (χ4n) is 1.13. The predicted molar refractivity (Wildman–Crippen MR) is 54.1 cm³/mol. The molecule has 1 N–H and O–H groups in total. The molecule has 0 fully saturated rings. The number of benzene rings is 1. The Morgan fingerprint density at radius 1 is 1.43 bits per heavy atom. The van der Waals surface area contributed by atoms with Gasteiger partial charge in [-0.3, -0.25) is 4.52 Å². The van der Waals surface area contributed by atoms with Gasteiger partial charge in [-0.15, -0.1) is 6.58 Å². The van der Waals surface area contributed by atoms with Crippen molar-refractivity contribution in [1.82, 2.24) is 0 Å². The van der Waals surface area contributed by atoms with Crippen LogP contribution >= 0.6 is 8.69 Å². The quantitative estimate of drug-likeness (QED) is 0.599. The molecule has 2 unspecified atom stereocenters. The largest absolute Gasteiger partial charge is 0.386 e. The van der Waals surface area contributed by atoms with Gasteiger partial charge in [0.15, 0.2) is 0 Å². The van der Waals surface area contributed by atoms with Crippen LogP contribution in [0, 0.1) is 0 Å². The van der Waals surface area contributed by atoms with Crippen LogP contribution < -0.4 is 0 Å². The smallest absolute Gasteiger partial charge is 0.328 e. The van der Waals surface area contributed by atoms with E-state index in [1.165, 1.54) is 6.08 Å². The molecule has 0 aliphatic carbocycles. The van der Waals surface area contributed by atoms with E-state index in [-0.39, 0.29) is 0 Å². The van der Waals surface area contributed by atoms with Gasteiger partial charge in [0.2, 0.25) is 0 Å². The second-order valence-electron chi connectivity index (χ2n) is 2.74. The fourth-order valence-corrected chi connectivity index (χ4v) is 1.47. The number of rotatable bonds is 5. The summed E-state index contributed by atoms with van der Waals surface area (Å²) in [6.07, 6.45) is -0.144. The maximum absolute atomic E-state index is 10.3. The van der Waals surface area contributed by atoms with Crippen LogP contribution in [0.5, 0.6) is 0 Å². The molecule has 0 radical (unpaired) electrons. The Labute approximate surface area is 84.3 Å². The van der Waals surface area contributed by atoms with Crippen LogP contribution in [0.25, 0.3) is 0 Å². The Hall–Kier alpha value is -1.02. The van der Waals surface area contributed by atoms with Gasteiger partial charge in [0.1, 0.15) is 12.2 Å². The van der Waals surface area contributed by atoms with E-state index in [0.29, 0.717) is 0 Å². The number of hydrogen-bond acceptors (Lipinski definition) is 3. The molecule has 0 aliphatic heterocycles. The zero-order valence-corrected chi connectivity index (χ0v) is 8.43. The fraction of sp³-hybridized carbons (Fsp3) is 0.200. The van der Waals surface area contributed by atoms with Gasteiger partial charge in [0, 0.05) is 0 Å². The molecule has 0 aromatic heterocycles. The molecular weight excluding hydrogens is 199 g/mol. The van der Waals surface area contributed by atoms with Crippen LogP contribution in [0.3, 0.4) is 0 Å². The minimum Gasteiger partial charge on any atom is -0.386 e. The van der Waals surface area contributed by atoms with Crippen molar-refractivity contribution in [3.63, 3.8) is 0 Å². The maximum atomic E-state index is 10.3. The molecular formula is C10H11O3P. The first kappa shape index (κ1) is 11.1. The minimum atomic E-state index is -0.862. The van der Waals surface area contributed by atoms with Crippen molar-refractivity contribution in [2.75, 3.05) is 0 Å². The number of aliphatic hydroxyl groups is 1. The molecule has 0 saturated heterocycles. The molecule has 1 aromatic carbocycles. The van der Waals surface area contributed by atoms with Crippen molar-refractivity contribution in [2.45, 2.75) is 12.2 Å². The minimum absolute atomic E-state index is 0.454. The zero-order valence-electron chi connectivity index (χ0n) is 7.54. The van der Waals surface area contributed by atoms with E-state index in [9.17, 15) is 9.67 Å². The lowest BCUT2D eigenvalue weighted by molar-refractivity contribution is 0.0766. The van der Waals surface area contributed by atoms with Crippen LogP contribution in [0.15, 0.2) is 43.0 Å². The highest BCUT2D eigenvalue weighted by atomic mass is 31.1. The van der Waals surface area contributed by atoms with Crippen LogP contribution in [0.4, 0.5) is 0 Å². The lowest BCUT2D eigenvalue weighted by Crippen LogP contribution is -2.15. The second-order valence-corrected chi connectivity index (χ2v) is 3.10. The Morgan fingerprint density at radius 2 is 2.07 bits per heavy atom. The van der Waals surface area contributed by atoms with Crippen molar-refractivity contribution in [1.29, 1.82) is 0 Å². The van der Waals surface area contributed by atoms with Gasteiger partial charge in [0.05, 0.1) is 0 Å². The van der Waals surface area contributed by atoms with Gasteiger partial charge in [-0.05, 0) is 5.56 Å². The van der Waals surface area contributed by atoms with E-state index >= 15 is 0 Å². The Kier molecular flexibility index (Phi) is 4.47. The Bertz CT molecular complexity index is 299. The van der Waals surface area contributed by atoms with Gasteiger partial charge < -0.3 is 5.11 Å². The molecule has 3 nitrogen and oxygen atoms in total. The lowest BCUT2D eigenvalue weighted by atomic mass is 10.1. The van der Waals surface area contributed by atoms with E-state index in [0.717, 1.165) is 5.56 Å². The lowest BCUT2D eigenvalue weighted by Gasteiger charge is -2.17. The third kappa shape index (κ3) is 2.74. The van der Waals surface area contributed by atoms with E-state index in [4.69, 9.17) is 4.52 Å². The van der Waals surface area contributed by atoms with Gasteiger partial charge in [-0.2, -0.15) is 0 Å². The van der Waals surface area contributed by atoms with E-state index in [1.807, 2.05) is 18.2 Å². The van der Waals surface area contributed by atoms with Crippen molar-refractivity contribution in [2.24, 2.45) is 0 Å². The van der Waals surface area contributed by atoms with Gasteiger partial charge in [0.25, 0.3) is 0 Å². The van der Waals surface area contributed by atoms with Gasteiger partial charge in [-0.1, -0.05) is 36.4 Å². The molecule has 2 atom stereocenters. The molecule has 0 saturated carbocycles. The SMILES string of the molecule is C=CC(O)C(OP=O)c1ccccc1. The first-order chi connectivity index (χ1) is 6.79. The molecule has 1 aromatic rings. The molecule has 0 heterocycles. The molecule has 0 aliphatic rings. The van der Waals surface area contributed by atoms with Gasteiger partial charge >= 0.3 is 8.69 Å². The highest BCUT2D eigenvalue weighted by Crippen LogP contribution is 2.25. The molecule has 0 amide bonds. The Morgan fingerprint density at radius 3 is 2.57 bits per heavy atom. The summed E-state index contributed by atoms with van der Waals surface area (Å²) in [5.74, 6) is 0. The van der Waals surface area contributed by atoms with Crippen molar-refractivity contribution >= 4 is 8.69 Å². The van der Waals surface area contributed by atoms with E-state index < -0.39 is 20.9 Å².